The van der Waals surface area contributed by atoms with E-state index in [-0.39, 0.29) is 5.75 Å². The molecule has 1 heterocycles. The monoisotopic (exact) mass is 295 g/mol. The van der Waals surface area contributed by atoms with Gasteiger partial charge in [-0.3, -0.25) is 4.79 Å². The number of aromatic nitrogens is 2. The van der Waals surface area contributed by atoms with Gasteiger partial charge in [-0.25, -0.2) is 9.97 Å². The van der Waals surface area contributed by atoms with E-state index in [0.29, 0.717) is 21.7 Å². The fourth-order valence-corrected chi connectivity index (χ4v) is 2.13. The molecule has 0 aliphatic carbocycles. The molecule has 1 aromatic carbocycles. The highest BCUT2D eigenvalue weighted by atomic mass is 35.5. The van der Waals surface area contributed by atoms with Crippen molar-refractivity contribution in [3.05, 3.63) is 35.4 Å². The van der Waals surface area contributed by atoms with Crippen molar-refractivity contribution >= 4 is 35.1 Å². The zero-order valence-corrected chi connectivity index (χ0v) is 11.3. The molecule has 2 aromatic rings. The summed E-state index contributed by atoms with van der Waals surface area (Å²) in [4.78, 5) is 18.9. The standard InChI is InChI=1S/C12H10ClN3O2S/c13-8-3-1-7(2-4-8)12-15-9(14)5-10(16-12)19-6-11(17)18/h1-5H,6H2,(H,17,18)(H2,14,15,16). The highest BCUT2D eigenvalue weighted by Crippen LogP contribution is 2.23. The van der Waals surface area contributed by atoms with Crippen molar-refractivity contribution in [1.29, 1.82) is 0 Å². The average Bonchev–Trinajstić information content (AvgIpc) is 2.36. The first-order valence-corrected chi connectivity index (χ1v) is 6.66. The molecule has 7 heteroatoms. The van der Waals surface area contributed by atoms with E-state index in [1.165, 1.54) is 0 Å². The number of carbonyl (C=O) groups is 1. The Bertz CT molecular complexity index is 604. The molecule has 19 heavy (non-hydrogen) atoms. The van der Waals surface area contributed by atoms with Gasteiger partial charge in [0.05, 0.1) is 5.75 Å². The third-order valence-corrected chi connectivity index (χ3v) is 3.32. The summed E-state index contributed by atoms with van der Waals surface area (Å²) in [6, 6.07) is 8.57. The lowest BCUT2D eigenvalue weighted by Gasteiger charge is -2.05. The number of anilines is 1. The number of benzene rings is 1. The van der Waals surface area contributed by atoms with Gasteiger partial charge in [0.1, 0.15) is 10.8 Å². The number of carboxylic acids is 1. The topological polar surface area (TPSA) is 89.1 Å². The van der Waals surface area contributed by atoms with Gasteiger partial charge in [-0.05, 0) is 24.3 Å². The van der Waals surface area contributed by atoms with Gasteiger partial charge in [0.15, 0.2) is 5.82 Å². The second kappa shape index (κ2) is 5.90. The number of nitrogens with zero attached hydrogens (tertiary/aromatic N) is 2. The first-order chi connectivity index (χ1) is 9.04. The van der Waals surface area contributed by atoms with Crippen LogP contribution >= 0.6 is 23.4 Å². The predicted octanol–water partition coefficient (Wildman–Crippen LogP) is 2.56. The maximum absolute atomic E-state index is 10.5. The first kappa shape index (κ1) is 13.6. The van der Waals surface area contributed by atoms with Gasteiger partial charge in [-0.15, -0.1) is 0 Å². The Hall–Kier alpha value is -1.79. The number of hydrogen-bond acceptors (Lipinski definition) is 5. The summed E-state index contributed by atoms with van der Waals surface area (Å²) in [6.45, 7) is 0. The van der Waals surface area contributed by atoms with Crippen LogP contribution in [0.4, 0.5) is 5.82 Å². The second-order valence-electron chi connectivity index (χ2n) is 3.64. The van der Waals surface area contributed by atoms with Crippen molar-refractivity contribution in [2.24, 2.45) is 0 Å². The zero-order chi connectivity index (χ0) is 13.8. The fourth-order valence-electron chi connectivity index (χ4n) is 1.38. The van der Waals surface area contributed by atoms with E-state index in [0.717, 1.165) is 17.3 Å². The molecule has 0 amide bonds. The largest absolute Gasteiger partial charge is 0.481 e. The molecule has 0 saturated heterocycles. The molecule has 1 aromatic heterocycles. The van der Waals surface area contributed by atoms with Crippen LogP contribution in [-0.2, 0) is 4.79 Å². The number of nitrogen functional groups attached to an aromatic ring is 1. The fraction of sp³-hybridized carbons (Fsp3) is 0.0833. The highest BCUT2D eigenvalue weighted by molar-refractivity contribution is 7.99. The smallest absolute Gasteiger partial charge is 0.313 e. The first-order valence-electron chi connectivity index (χ1n) is 5.29. The number of aliphatic carboxylic acids is 1. The Morgan fingerprint density at radius 3 is 2.63 bits per heavy atom. The van der Waals surface area contributed by atoms with Crippen molar-refractivity contribution in [1.82, 2.24) is 9.97 Å². The molecule has 0 saturated carbocycles. The molecule has 0 atom stereocenters. The van der Waals surface area contributed by atoms with Crippen LogP contribution < -0.4 is 5.73 Å². The van der Waals surface area contributed by atoms with Gasteiger partial charge in [0, 0.05) is 16.7 Å². The van der Waals surface area contributed by atoms with Gasteiger partial charge in [0.2, 0.25) is 0 Å². The minimum atomic E-state index is -0.907. The third kappa shape index (κ3) is 3.84. The van der Waals surface area contributed by atoms with Gasteiger partial charge in [0.25, 0.3) is 0 Å². The SMILES string of the molecule is Nc1cc(SCC(=O)O)nc(-c2ccc(Cl)cc2)n1. The summed E-state index contributed by atoms with van der Waals surface area (Å²) in [5.41, 5.74) is 6.47. The van der Waals surface area contributed by atoms with E-state index >= 15 is 0 Å². The van der Waals surface area contributed by atoms with E-state index in [1.54, 1.807) is 30.3 Å². The lowest BCUT2D eigenvalue weighted by Crippen LogP contribution is -2.01. The lowest BCUT2D eigenvalue weighted by atomic mass is 10.2. The molecule has 3 N–H and O–H groups in total. The van der Waals surface area contributed by atoms with Crippen LogP contribution in [-0.4, -0.2) is 26.8 Å². The van der Waals surface area contributed by atoms with Crippen LogP contribution in [0, 0.1) is 0 Å². The van der Waals surface area contributed by atoms with Gasteiger partial charge in [-0.1, -0.05) is 23.4 Å². The van der Waals surface area contributed by atoms with Crippen LogP contribution in [0.25, 0.3) is 11.4 Å². The summed E-state index contributed by atoms with van der Waals surface area (Å²) >= 11 is 6.91. The number of rotatable bonds is 4. The Morgan fingerprint density at radius 2 is 2.00 bits per heavy atom. The average molecular weight is 296 g/mol. The van der Waals surface area contributed by atoms with E-state index < -0.39 is 5.97 Å². The normalized spacial score (nSPS) is 10.4. The summed E-state index contributed by atoms with van der Waals surface area (Å²) in [7, 11) is 0. The van der Waals surface area contributed by atoms with Crippen LogP contribution in [0.5, 0.6) is 0 Å². The summed E-state index contributed by atoms with van der Waals surface area (Å²) in [5, 5.41) is 9.80. The van der Waals surface area contributed by atoms with Crippen LogP contribution in [0.3, 0.4) is 0 Å². The molecule has 5 nitrogen and oxygen atoms in total. The lowest BCUT2D eigenvalue weighted by molar-refractivity contribution is -0.133. The van der Waals surface area contributed by atoms with Crippen molar-refractivity contribution in [2.75, 3.05) is 11.5 Å². The number of nitrogens with two attached hydrogens (primary N) is 1. The minimum absolute atomic E-state index is 0.0729. The summed E-state index contributed by atoms with van der Waals surface area (Å²) < 4.78 is 0. The molecule has 0 aliphatic rings. The van der Waals surface area contributed by atoms with E-state index in [9.17, 15) is 4.79 Å². The number of hydrogen-bond donors (Lipinski definition) is 2. The third-order valence-electron chi connectivity index (χ3n) is 2.17. The maximum atomic E-state index is 10.5. The molecule has 0 spiro atoms. The number of carboxylic acid groups (broad SMARTS) is 1. The molecule has 98 valence electrons. The van der Waals surface area contributed by atoms with E-state index in [4.69, 9.17) is 22.4 Å². The van der Waals surface area contributed by atoms with E-state index in [1.807, 2.05) is 0 Å². The second-order valence-corrected chi connectivity index (χ2v) is 5.08. The number of thioether (sulfide) groups is 1. The van der Waals surface area contributed by atoms with Gasteiger partial charge >= 0.3 is 5.97 Å². The summed E-state index contributed by atoms with van der Waals surface area (Å²) in [6.07, 6.45) is 0. The van der Waals surface area contributed by atoms with Crippen molar-refractivity contribution in [3.63, 3.8) is 0 Å². The molecule has 0 fully saturated rings. The molecule has 0 radical (unpaired) electrons. The van der Waals surface area contributed by atoms with Crippen LogP contribution in [0.2, 0.25) is 5.02 Å². The molecular formula is C12H10ClN3O2S. The van der Waals surface area contributed by atoms with Crippen LogP contribution in [0.1, 0.15) is 0 Å². The number of halogens is 1. The minimum Gasteiger partial charge on any atom is -0.481 e. The molecular weight excluding hydrogens is 286 g/mol. The quantitative estimate of drug-likeness (QED) is 0.665. The Kier molecular flexibility index (Phi) is 4.24. The molecule has 0 aliphatic heterocycles. The predicted molar refractivity (Wildman–Crippen MR) is 75.3 cm³/mol. The van der Waals surface area contributed by atoms with E-state index in [2.05, 4.69) is 9.97 Å². The summed E-state index contributed by atoms with van der Waals surface area (Å²) in [5.74, 6) is -0.233. The Labute approximate surface area is 118 Å². The molecule has 0 bridgehead atoms. The van der Waals surface area contributed by atoms with Crippen LogP contribution in [0.15, 0.2) is 35.4 Å². The Balaban J connectivity index is 2.30. The molecule has 2 rings (SSSR count). The highest BCUT2D eigenvalue weighted by Gasteiger charge is 2.07. The molecule has 0 unspecified atom stereocenters. The maximum Gasteiger partial charge on any atom is 0.313 e. The van der Waals surface area contributed by atoms with Crippen molar-refractivity contribution in [2.45, 2.75) is 5.03 Å². The Morgan fingerprint density at radius 1 is 1.32 bits per heavy atom. The van der Waals surface area contributed by atoms with Gasteiger partial charge in [-0.2, -0.15) is 0 Å². The zero-order valence-electron chi connectivity index (χ0n) is 9.71. The van der Waals surface area contributed by atoms with Crippen molar-refractivity contribution < 1.29 is 9.90 Å². The van der Waals surface area contributed by atoms with Gasteiger partial charge < -0.3 is 10.8 Å². The van der Waals surface area contributed by atoms with Crippen molar-refractivity contribution in [3.8, 4) is 11.4 Å².